The van der Waals surface area contributed by atoms with Crippen LogP contribution in [0.1, 0.15) is 35.9 Å². The van der Waals surface area contributed by atoms with Crippen LogP contribution in [0.2, 0.25) is 0 Å². The van der Waals surface area contributed by atoms with E-state index in [0.29, 0.717) is 17.2 Å². The van der Waals surface area contributed by atoms with Crippen molar-refractivity contribution in [2.24, 2.45) is 0 Å². The molecule has 2 aromatic carbocycles. The third-order valence-electron chi connectivity index (χ3n) is 4.23. The van der Waals surface area contributed by atoms with Crippen molar-refractivity contribution in [2.75, 3.05) is 5.32 Å². The molecule has 0 bridgehead atoms. The lowest BCUT2D eigenvalue weighted by molar-refractivity contribution is -0.384. The number of para-hydroxylation sites is 1. The third kappa shape index (κ3) is 4.85. The van der Waals surface area contributed by atoms with Crippen LogP contribution in [-0.2, 0) is 0 Å². The number of carbonyl (C=O) groups excluding carboxylic acids is 1. The average molecular weight is 409 g/mol. The minimum absolute atomic E-state index is 0.0489. The Labute approximate surface area is 172 Å². The molecule has 1 amide bonds. The van der Waals surface area contributed by atoms with E-state index in [1.54, 1.807) is 18.2 Å². The summed E-state index contributed by atoms with van der Waals surface area (Å²) in [6.45, 7) is 4.14. The predicted molar refractivity (Wildman–Crippen MR) is 115 cm³/mol. The number of thiocarbonyl (C=S) groups is 1. The second kappa shape index (κ2) is 8.66. The van der Waals surface area contributed by atoms with E-state index in [1.807, 2.05) is 24.3 Å². The topological polar surface area (TPSA) is 97.4 Å². The summed E-state index contributed by atoms with van der Waals surface area (Å²) in [4.78, 5) is 22.9. The van der Waals surface area contributed by atoms with Crippen LogP contribution >= 0.6 is 12.2 Å². The van der Waals surface area contributed by atoms with Crippen molar-refractivity contribution in [3.63, 3.8) is 0 Å². The van der Waals surface area contributed by atoms with Gasteiger partial charge < -0.3 is 9.73 Å². The van der Waals surface area contributed by atoms with Gasteiger partial charge in [0.25, 0.3) is 11.6 Å². The maximum Gasteiger partial charge on any atom is 0.293 e. The van der Waals surface area contributed by atoms with Gasteiger partial charge in [-0.05, 0) is 41.9 Å². The lowest BCUT2D eigenvalue weighted by atomic mass is 10.0. The first-order valence-corrected chi connectivity index (χ1v) is 9.32. The number of nitrogens with zero attached hydrogens (tertiary/aromatic N) is 1. The van der Waals surface area contributed by atoms with E-state index in [0.717, 1.165) is 11.3 Å². The normalized spacial score (nSPS) is 10.6. The largest absolute Gasteiger partial charge is 0.451 e. The average Bonchev–Trinajstić information content (AvgIpc) is 3.18. The summed E-state index contributed by atoms with van der Waals surface area (Å²) in [5.41, 5.74) is 2.35. The van der Waals surface area contributed by atoms with Gasteiger partial charge in [0, 0.05) is 23.4 Å². The zero-order chi connectivity index (χ0) is 21.0. The van der Waals surface area contributed by atoms with Gasteiger partial charge in [0.15, 0.2) is 10.9 Å². The van der Waals surface area contributed by atoms with Gasteiger partial charge >= 0.3 is 0 Å². The lowest BCUT2D eigenvalue weighted by Crippen LogP contribution is -2.34. The second-order valence-corrected chi connectivity index (χ2v) is 7.03. The van der Waals surface area contributed by atoms with Crippen molar-refractivity contribution in [3.05, 3.63) is 82.1 Å². The fraction of sp³-hybridized carbons (Fsp3) is 0.143. The first-order valence-electron chi connectivity index (χ1n) is 8.91. The Morgan fingerprint density at radius 3 is 2.59 bits per heavy atom. The molecule has 0 aliphatic carbocycles. The predicted octanol–water partition coefficient (Wildman–Crippen LogP) is 5.11. The van der Waals surface area contributed by atoms with E-state index in [9.17, 15) is 14.9 Å². The van der Waals surface area contributed by atoms with E-state index in [4.69, 9.17) is 16.6 Å². The maximum absolute atomic E-state index is 12.4. The number of nitrogens with one attached hydrogen (secondary N) is 2. The molecule has 0 saturated heterocycles. The molecule has 2 N–H and O–H groups in total. The fourth-order valence-corrected chi connectivity index (χ4v) is 3.02. The van der Waals surface area contributed by atoms with Crippen molar-refractivity contribution in [2.45, 2.75) is 19.8 Å². The molecule has 0 radical (unpaired) electrons. The molecule has 3 rings (SSSR count). The Balaban J connectivity index is 1.70. The number of anilines is 1. The van der Waals surface area contributed by atoms with Crippen molar-refractivity contribution >= 4 is 34.6 Å². The summed E-state index contributed by atoms with van der Waals surface area (Å²) in [5.74, 6) is 0.177. The molecular weight excluding hydrogens is 390 g/mol. The van der Waals surface area contributed by atoms with Gasteiger partial charge in [-0.1, -0.05) is 44.2 Å². The number of rotatable bonds is 5. The van der Waals surface area contributed by atoms with Gasteiger partial charge in [0.2, 0.25) is 0 Å². The van der Waals surface area contributed by atoms with E-state index in [2.05, 4.69) is 24.5 Å². The van der Waals surface area contributed by atoms with Crippen LogP contribution in [-0.4, -0.2) is 15.9 Å². The first kappa shape index (κ1) is 20.2. The Kier molecular flexibility index (Phi) is 6.04. The van der Waals surface area contributed by atoms with Crippen LogP contribution in [0.4, 0.5) is 11.4 Å². The summed E-state index contributed by atoms with van der Waals surface area (Å²) in [7, 11) is 0. The van der Waals surface area contributed by atoms with Crippen molar-refractivity contribution < 1.29 is 14.1 Å². The minimum Gasteiger partial charge on any atom is -0.451 e. The number of non-ortho nitro benzene ring substituents is 1. The number of amides is 1. The summed E-state index contributed by atoms with van der Waals surface area (Å²) < 4.78 is 5.56. The number of hydrogen-bond acceptors (Lipinski definition) is 5. The maximum atomic E-state index is 12.4. The smallest absolute Gasteiger partial charge is 0.293 e. The first-order chi connectivity index (χ1) is 13.8. The molecule has 29 heavy (non-hydrogen) atoms. The van der Waals surface area contributed by atoms with Crippen LogP contribution in [0.25, 0.3) is 11.3 Å². The van der Waals surface area contributed by atoms with Gasteiger partial charge in [-0.2, -0.15) is 0 Å². The number of carbonyl (C=O) groups is 1. The van der Waals surface area contributed by atoms with Crippen molar-refractivity contribution in [3.8, 4) is 11.3 Å². The second-order valence-electron chi connectivity index (χ2n) is 6.62. The molecule has 0 unspecified atom stereocenters. The highest BCUT2D eigenvalue weighted by atomic mass is 32.1. The Bertz CT molecular complexity index is 1080. The molecule has 7 nitrogen and oxygen atoms in total. The molecule has 1 aromatic heterocycles. The molecule has 0 aliphatic rings. The fourth-order valence-electron chi connectivity index (χ4n) is 2.82. The zero-order valence-corrected chi connectivity index (χ0v) is 16.7. The van der Waals surface area contributed by atoms with Gasteiger partial charge in [-0.25, -0.2) is 0 Å². The van der Waals surface area contributed by atoms with Crippen LogP contribution in [0.15, 0.2) is 65.1 Å². The number of nitro benzene ring substituents is 1. The molecule has 0 aliphatic heterocycles. The third-order valence-corrected chi connectivity index (χ3v) is 4.43. The van der Waals surface area contributed by atoms with Gasteiger partial charge in [0.1, 0.15) is 5.76 Å². The SMILES string of the molecule is CC(C)c1ccccc1NC(=S)NC(=O)c1ccc(-c2cccc([N+](=O)[O-])c2)o1. The Morgan fingerprint density at radius 2 is 1.86 bits per heavy atom. The highest BCUT2D eigenvalue weighted by molar-refractivity contribution is 7.80. The summed E-state index contributed by atoms with van der Waals surface area (Å²) in [6, 6.07) is 16.8. The standard InChI is InChI=1S/C21H19N3O4S/c1-13(2)16-8-3-4-9-17(16)22-21(29)23-20(25)19-11-10-18(28-19)14-6-5-7-15(12-14)24(26)27/h3-13H,1-2H3,(H2,22,23,25,29). The molecule has 0 spiro atoms. The molecule has 1 heterocycles. The molecular formula is C21H19N3O4S. The quantitative estimate of drug-likeness (QED) is 0.345. The van der Waals surface area contributed by atoms with Gasteiger partial charge in [0.05, 0.1) is 4.92 Å². The van der Waals surface area contributed by atoms with Gasteiger partial charge in [-0.15, -0.1) is 0 Å². The summed E-state index contributed by atoms with van der Waals surface area (Å²) in [5, 5.41) is 16.7. The van der Waals surface area contributed by atoms with E-state index >= 15 is 0 Å². The molecule has 3 aromatic rings. The minimum atomic E-state index is -0.513. The zero-order valence-electron chi connectivity index (χ0n) is 15.8. The number of benzene rings is 2. The number of hydrogen-bond donors (Lipinski definition) is 2. The molecule has 148 valence electrons. The summed E-state index contributed by atoms with van der Waals surface area (Å²) in [6.07, 6.45) is 0. The van der Waals surface area contributed by atoms with E-state index in [-0.39, 0.29) is 16.6 Å². The van der Waals surface area contributed by atoms with Crippen LogP contribution < -0.4 is 10.6 Å². The van der Waals surface area contributed by atoms with Crippen molar-refractivity contribution in [1.82, 2.24) is 5.32 Å². The highest BCUT2D eigenvalue weighted by Crippen LogP contribution is 2.26. The molecule has 8 heteroatoms. The number of nitro groups is 1. The van der Waals surface area contributed by atoms with Crippen LogP contribution in [0.5, 0.6) is 0 Å². The monoisotopic (exact) mass is 409 g/mol. The molecule has 0 atom stereocenters. The molecule has 0 saturated carbocycles. The van der Waals surface area contributed by atoms with E-state index in [1.165, 1.54) is 18.2 Å². The van der Waals surface area contributed by atoms with Crippen LogP contribution in [0, 0.1) is 10.1 Å². The number of furan rings is 1. The Morgan fingerprint density at radius 1 is 1.10 bits per heavy atom. The highest BCUT2D eigenvalue weighted by Gasteiger charge is 2.16. The van der Waals surface area contributed by atoms with Crippen molar-refractivity contribution in [1.29, 1.82) is 0 Å². The molecule has 0 fully saturated rings. The van der Waals surface area contributed by atoms with E-state index < -0.39 is 10.8 Å². The lowest BCUT2D eigenvalue weighted by Gasteiger charge is -2.15. The summed E-state index contributed by atoms with van der Waals surface area (Å²) >= 11 is 5.24. The van der Waals surface area contributed by atoms with Gasteiger partial charge in [-0.3, -0.25) is 20.2 Å². The Hall–Kier alpha value is -3.52. The van der Waals surface area contributed by atoms with Crippen LogP contribution in [0.3, 0.4) is 0 Å².